The second-order valence-corrected chi connectivity index (χ2v) is 29.1. The topological polar surface area (TPSA) is 67.1 Å². The van der Waals surface area contributed by atoms with Crippen molar-refractivity contribution in [2.24, 2.45) is 0 Å². The van der Waals surface area contributed by atoms with E-state index in [9.17, 15) is 0 Å². The number of rotatable bonds is 14. The highest BCUT2D eigenvalue weighted by Crippen LogP contribution is 2.27. The molecule has 0 atom stereocenters. The van der Waals surface area contributed by atoms with Crippen LogP contribution in [-0.4, -0.2) is 125 Å². The second kappa shape index (κ2) is 18.1. The van der Waals surface area contributed by atoms with E-state index in [1.165, 1.54) is 54.7 Å². The Morgan fingerprint density at radius 3 is 1.52 bits per heavy atom. The summed E-state index contributed by atoms with van der Waals surface area (Å²) in [5.41, 5.74) is 7.03. The van der Waals surface area contributed by atoms with Crippen LogP contribution in [0, 0.1) is 0 Å². The summed E-state index contributed by atoms with van der Waals surface area (Å²) in [6, 6.07) is 17.1. The van der Waals surface area contributed by atoms with E-state index in [0.717, 1.165) is 55.9 Å². The van der Waals surface area contributed by atoms with Crippen LogP contribution in [0.25, 0.3) is 22.1 Å². The zero-order valence-electron chi connectivity index (χ0n) is 34.1. The number of ether oxygens (including phenoxy) is 2. The van der Waals surface area contributed by atoms with Gasteiger partial charge in [0.05, 0.1) is 34.7 Å². The van der Waals surface area contributed by atoms with Gasteiger partial charge in [-0.15, -0.1) is 0 Å². The van der Waals surface area contributed by atoms with E-state index in [4.69, 9.17) is 9.47 Å². The molecule has 2 aromatic heterocycles. The summed E-state index contributed by atoms with van der Waals surface area (Å²) in [4.78, 5) is 18.8. The Morgan fingerprint density at radius 2 is 1.04 bits per heavy atom. The van der Waals surface area contributed by atoms with E-state index < -0.39 is 16.1 Å². The maximum atomic E-state index is 5.93. The van der Waals surface area contributed by atoms with Crippen LogP contribution < -0.4 is 9.80 Å². The van der Waals surface area contributed by atoms with Crippen LogP contribution in [0.5, 0.6) is 0 Å². The quantitative estimate of drug-likeness (QED) is 0.0959. The van der Waals surface area contributed by atoms with Crippen molar-refractivity contribution >= 4 is 49.6 Å². The minimum absolute atomic E-state index is 0.590. The Kier molecular flexibility index (Phi) is 14.0. The van der Waals surface area contributed by atoms with Gasteiger partial charge in [-0.05, 0) is 102 Å². The van der Waals surface area contributed by atoms with Gasteiger partial charge >= 0.3 is 0 Å². The first-order valence-electron chi connectivity index (χ1n) is 19.5. The van der Waals surface area contributed by atoms with Crippen LogP contribution in [0.1, 0.15) is 25.7 Å². The third kappa shape index (κ3) is 11.6. The molecule has 2 fully saturated rings. The number of anilines is 2. The molecule has 0 aliphatic carbocycles. The standard InChI is InChI=1S/2C20H34N4OSi/c1-22(2)17-8-10-23(11-9-17)18-6-7-20-19(14-18)21-15-24(20)16-25-12-13-26(3,4)5;1-22(2)17-8-10-23(11-9-17)18-6-7-19-20(14-18)24(15-21-19)16-25-12-13-26(3,4)5/h2*6-7,14-15,17H,8-13,16H2,1-5H3. The Labute approximate surface area is 316 Å². The molecule has 0 N–H and O–H groups in total. The Hall–Kier alpha value is -2.75. The van der Waals surface area contributed by atoms with Gasteiger partial charge in [-0.3, -0.25) is 0 Å². The van der Waals surface area contributed by atoms with Crippen LogP contribution in [0.3, 0.4) is 0 Å². The predicted molar refractivity (Wildman–Crippen MR) is 226 cm³/mol. The average Bonchev–Trinajstić information content (AvgIpc) is 3.71. The lowest BCUT2D eigenvalue weighted by Gasteiger charge is -2.36. The van der Waals surface area contributed by atoms with Gasteiger partial charge in [0.1, 0.15) is 13.5 Å². The molecule has 0 amide bonds. The van der Waals surface area contributed by atoms with E-state index in [0.29, 0.717) is 25.5 Å². The summed E-state index contributed by atoms with van der Waals surface area (Å²) in [5, 5.41) is 0. The number of hydrogen-bond acceptors (Lipinski definition) is 8. The number of benzene rings is 2. The number of imidazole rings is 2. The van der Waals surface area contributed by atoms with Crippen molar-refractivity contribution in [1.82, 2.24) is 28.9 Å². The van der Waals surface area contributed by atoms with Gasteiger partial charge in [0.2, 0.25) is 0 Å². The molecule has 12 heteroatoms. The lowest BCUT2D eigenvalue weighted by molar-refractivity contribution is 0.0897. The van der Waals surface area contributed by atoms with Gasteiger partial charge in [0.25, 0.3) is 0 Å². The molecule has 6 rings (SSSR count). The Balaban J connectivity index is 0.000000201. The van der Waals surface area contributed by atoms with Crippen molar-refractivity contribution in [3.05, 3.63) is 49.1 Å². The summed E-state index contributed by atoms with van der Waals surface area (Å²) < 4.78 is 16.1. The Bertz CT molecular complexity index is 1680. The molecule has 2 saturated heterocycles. The first kappa shape index (κ1) is 40.4. The smallest absolute Gasteiger partial charge is 0.124 e. The van der Waals surface area contributed by atoms with Gasteiger partial charge in [0, 0.05) is 79.0 Å². The van der Waals surface area contributed by atoms with Crippen molar-refractivity contribution in [1.29, 1.82) is 0 Å². The molecule has 0 spiro atoms. The monoisotopic (exact) mass is 749 g/mol. The maximum Gasteiger partial charge on any atom is 0.124 e. The van der Waals surface area contributed by atoms with Gasteiger partial charge in [0.15, 0.2) is 0 Å². The van der Waals surface area contributed by atoms with Gasteiger partial charge in [-0.25, -0.2) is 9.97 Å². The molecular weight excluding hydrogens is 681 g/mol. The first-order chi connectivity index (χ1) is 24.7. The molecule has 2 aromatic carbocycles. The number of aromatic nitrogens is 4. The minimum atomic E-state index is -1.04. The third-order valence-corrected chi connectivity index (χ3v) is 14.2. The summed E-state index contributed by atoms with van der Waals surface area (Å²) in [6.07, 6.45) is 8.71. The number of piperidine rings is 2. The molecule has 2 aliphatic rings. The van der Waals surface area contributed by atoms with E-state index in [1.54, 1.807) is 0 Å². The van der Waals surface area contributed by atoms with E-state index >= 15 is 0 Å². The summed E-state index contributed by atoms with van der Waals surface area (Å²) in [6.45, 7) is 21.6. The molecule has 0 bridgehead atoms. The first-order valence-corrected chi connectivity index (χ1v) is 27.0. The molecule has 0 radical (unpaired) electrons. The molecule has 0 saturated carbocycles. The number of nitrogens with zero attached hydrogens (tertiary/aromatic N) is 8. The van der Waals surface area contributed by atoms with E-state index in [1.807, 2.05) is 12.7 Å². The molecular formula is C40H68N8O2Si2. The summed E-state index contributed by atoms with van der Waals surface area (Å²) >= 11 is 0. The summed E-state index contributed by atoms with van der Waals surface area (Å²) in [5.74, 6) is 0. The van der Waals surface area contributed by atoms with Crippen LogP contribution in [-0.2, 0) is 22.9 Å². The SMILES string of the molecule is CN(C)C1CCN(c2ccc3c(c2)ncn3COCC[Si](C)(C)C)CC1.CN(C)C1CCN(c2ccc3ncn(COCC[Si](C)(C)C)c3c2)CC1. The number of fused-ring (bicyclic) bond motifs is 2. The zero-order valence-corrected chi connectivity index (χ0v) is 36.1. The van der Waals surface area contributed by atoms with Crippen LogP contribution in [0.4, 0.5) is 11.4 Å². The van der Waals surface area contributed by atoms with E-state index in [2.05, 4.69) is 143 Å². The normalized spacial score (nSPS) is 16.8. The van der Waals surface area contributed by atoms with Gasteiger partial charge < -0.3 is 38.2 Å². The fraction of sp³-hybridized carbons (Fsp3) is 0.650. The minimum Gasteiger partial charge on any atom is -0.371 e. The average molecular weight is 749 g/mol. The fourth-order valence-corrected chi connectivity index (χ4v) is 8.57. The largest absolute Gasteiger partial charge is 0.371 e. The highest BCUT2D eigenvalue weighted by Gasteiger charge is 2.23. The predicted octanol–water partition coefficient (Wildman–Crippen LogP) is 7.76. The molecule has 52 heavy (non-hydrogen) atoms. The molecule has 2 aliphatic heterocycles. The zero-order chi connectivity index (χ0) is 37.5. The van der Waals surface area contributed by atoms with Gasteiger partial charge in [-0.2, -0.15) is 0 Å². The third-order valence-electron chi connectivity index (χ3n) is 10.8. The molecule has 10 nitrogen and oxygen atoms in total. The lowest BCUT2D eigenvalue weighted by atomic mass is 10.0. The van der Waals surface area contributed by atoms with Crippen LogP contribution >= 0.6 is 0 Å². The van der Waals surface area contributed by atoms with Crippen molar-refractivity contribution in [3.8, 4) is 0 Å². The van der Waals surface area contributed by atoms with Crippen molar-refractivity contribution in [2.45, 2.75) is 103 Å². The number of hydrogen-bond donors (Lipinski definition) is 0. The van der Waals surface area contributed by atoms with Crippen LogP contribution in [0.15, 0.2) is 49.1 Å². The van der Waals surface area contributed by atoms with Crippen molar-refractivity contribution in [2.75, 3.05) is 77.4 Å². The molecule has 0 unspecified atom stereocenters. The van der Waals surface area contributed by atoms with Crippen molar-refractivity contribution in [3.63, 3.8) is 0 Å². The highest BCUT2D eigenvalue weighted by atomic mass is 28.3. The summed E-state index contributed by atoms with van der Waals surface area (Å²) in [7, 11) is 6.68. The maximum absolute atomic E-state index is 5.93. The highest BCUT2D eigenvalue weighted by molar-refractivity contribution is 6.76. The molecule has 4 heterocycles. The fourth-order valence-electron chi connectivity index (χ4n) is 7.06. The van der Waals surface area contributed by atoms with Crippen LogP contribution in [0.2, 0.25) is 51.4 Å². The van der Waals surface area contributed by atoms with E-state index in [-0.39, 0.29) is 0 Å². The lowest BCUT2D eigenvalue weighted by Crippen LogP contribution is -2.41. The second-order valence-electron chi connectivity index (χ2n) is 17.8. The Morgan fingerprint density at radius 1 is 0.596 bits per heavy atom. The molecule has 4 aromatic rings. The molecule has 288 valence electrons. The van der Waals surface area contributed by atoms with Gasteiger partial charge in [-0.1, -0.05) is 39.3 Å². The van der Waals surface area contributed by atoms with Crippen molar-refractivity contribution < 1.29 is 9.47 Å².